The number of alkyl halides is 1. The molecule has 1 aromatic carbocycles. The topological polar surface area (TPSA) is 18.5 Å². The van der Waals surface area contributed by atoms with E-state index in [2.05, 4.69) is 0 Å². The van der Waals surface area contributed by atoms with Crippen LogP contribution in [0.2, 0.25) is 10.0 Å². The van der Waals surface area contributed by atoms with Crippen molar-refractivity contribution in [1.29, 1.82) is 0 Å². The van der Waals surface area contributed by atoms with Crippen LogP contribution in [0.1, 0.15) is 11.1 Å². The van der Waals surface area contributed by atoms with Crippen LogP contribution in [0.4, 0.5) is 0 Å². The molecule has 0 amide bonds. The highest BCUT2D eigenvalue weighted by atomic mass is 35.5. The molecule has 2 rings (SSSR count). The van der Waals surface area contributed by atoms with Gasteiger partial charge in [0.2, 0.25) is 0 Å². The molecule has 1 heterocycles. The molecule has 0 radical (unpaired) electrons. The van der Waals surface area contributed by atoms with Gasteiger partial charge in [0.25, 0.3) is 0 Å². The third kappa shape index (κ3) is 1.68. The summed E-state index contributed by atoms with van der Waals surface area (Å²) in [6.07, 6.45) is 0. The molecule has 0 bridgehead atoms. The second-order valence-electron chi connectivity index (χ2n) is 2.88. The maximum atomic E-state index is 5.99. The first kappa shape index (κ1) is 10.4. The molecule has 0 aromatic heterocycles. The Labute approximate surface area is 96.7 Å². The molecular formula is C9H7Cl3O2. The Hall–Kier alpha value is -0.150. The van der Waals surface area contributed by atoms with Crippen molar-refractivity contribution in [3.05, 3.63) is 27.2 Å². The van der Waals surface area contributed by atoms with Gasteiger partial charge in [0.15, 0.2) is 6.79 Å². The monoisotopic (exact) mass is 252 g/mol. The van der Waals surface area contributed by atoms with E-state index in [1.165, 1.54) is 0 Å². The summed E-state index contributed by atoms with van der Waals surface area (Å²) in [6, 6.07) is 1.74. The number of fused-ring (bicyclic) bond motifs is 1. The van der Waals surface area contributed by atoms with Gasteiger partial charge >= 0.3 is 0 Å². The molecule has 1 aliphatic heterocycles. The van der Waals surface area contributed by atoms with E-state index in [0.29, 0.717) is 22.4 Å². The molecular weight excluding hydrogens is 246 g/mol. The Balaban J connectivity index is 2.60. The van der Waals surface area contributed by atoms with Gasteiger partial charge in [-0.25, -0.2) is 0 Å². The normalized spacial score (nSPS) is 14.8. The minimum atomic E-state index is 0.231. The second-order valence-corrected chi connectivity index (χ2v) is 3.94. The first-order chi connectivity index (χ1) is 6.74. The van der Waals surface area contributed by atoms with Crippen molar-refractivity contribution < 1.29 is 9.47 Å². The molecule has 0 unspecified atom stereocenters. The summed E-state index contributed by atoms with van der Waals surface area (Å²) < 4.78 is 10.5. The molecule has 2 nitrogen and oxygen atoms in total. The highest BCUT2D eigenvalue weighted by Crippen LogP contribution is 2.39. The molecule has 1 aromatic rings. The second kappa shape index (κ2) is 4.15. The molecule has 0 saturated carbocycles. The van der Waals surface area contributed by atoms with E-state index in [-0.39, 0.29) is 12.7 Å². The molecule has 14 heavy (non-hydrogen) atoms. The Morgan fingerprint density at radius 3 is 2.86 bits per heavy atom. The fraction of sp³-hybridized carbons (Fsp3) is 0.333. The summed E-state index contributed by atoms with van der Waals surface area (Å²) >= 11 is 17.7. The van der Waals surface area contributed by atoms with E-state index in [1.807, 2.05) is 0 Å². The number of ether oxygens (including phenoxy) is 2. The van der Waals surface area contributed by atoms with Crippen molar-refractivity contribution >= 4 is 34.8 Å². The lowest BCUT2D eigenvalue weighted by molar-refractivity contribution is -0.0168. The maximum Gasteiger partial charge on any atom is 0.189 e. The number of hydrogen-bond acceptors (Lipinski definition) is 2. The van der Waals surface area contributed by atoms with Crippen molar-refractivity contribution in [1.82, 2.24) is 0 Å². The molecule has 1 aliphatic rings. The predicted octanol–water partition coefficient (Wildman–Crippen LogP) is 3.60. The molecule has 0 saturated heterocycles. The van der Waals surface area contributed by atoms with Crippen molar-refractivity contribution in [3.8, 4) is 5.75 Å². The quantitative estimate of drug-likeness (QED) is 0.712. The zero-order valence-electron chi connectivity index (χ0n) is 7.15. The Morgan fingerprint density at radius 1 is 1.36 bits per heavy atom. The zero-order valence-corrected chi connectivity index (χ0v) is 9.42. The third-order valence-corrected chi connectivity index (χ3v) is 3.11. The van der Waals surface area contributed by atoms with Crippen LogP contribution in [0.3, 0.4) is 0 Å². The number of benzene rings is 1. The molecule has 76 valence electrons. The smallest absolute Gasteiger partial charge is 0.189 e. The van der Waals surface area contributed by atoms with Gasteiger partial charge in [-0.1, -0.05) is 23.2 Å². The lowest BCUT2D eigenvalue weighted by atomic mass is 10.1. The molecule has 0 N–H and O–H groups in total. The van der Waals surface area contributed by atoms with Crippen LogP contribution in [0.25, 0.3) is 0 Å². The van der Waals surface area contributed by atoms with E-state index in [1.54, 1.807) is 6.07 Å². The van der Waals surface area contributed by atoms with Crippen LogP contribution in [0, 0.1) is 0 Å². The molecule has 0 aliphatic carbocycles. The van der Waals surface area contributed by atoms with Gasteiger partial charge in [-0.2, -0.15) is 0 Å². The predicted molar refractivity (Wildman–Crippen MR) is 56.3 cm³/mol. The van der Waals surface area contributed by atoms with Crippen molar-refractivity contribution in [3.63, 3.8) is 0 Å². The lowest BCUT2D eigenvalue weighted by Crippen LogP contribution is -2.13. The van der Waals surface area contributed by atoms with Gasteiger partial charge in [-0.3, -0.25) is 0 Å². The Bertz CT molecular complexity index is 366. The number of hydrogen-bond donors (Lipinski definition) is 0. The fourth-order valence-corrected chi connectivity index (χ4v) is 2.15. The van der Waals surface area contributed by atoms with Crippen LogP contribution in [-0.4, -0.2) is 6.79 Å². The third-order valence-electron chi connectivity index (χ3n) is 2.02. The van der Waals surface area contributed by atoms with E-state index >= 15 is 0 Å². The highest BCUT2D eigenvalue weighted by molar-refractivity contribution is 6.43. The molecule has 0 atom stereocenters. The number of halogens is 3. The van der Waals surface area contributed by atoms with Crippen LogP contribution in [0.15, 0.2) is 6.07 Å². The highest BCUT2D eigenvalue weighted by Gasteiger charge is 2.19. The van der Waals surface area contributed by atoms with E-state index in [9.17, 15) is 0 Å². The lowest BCUT2D eigenvalue weighted by Gasteiger charge is -2.21. The Morgan fingerprint density at radius 2 is 2.14 bits per heavy atom. The molecule has 0 spiro atoms. The van der Waals surface area contributed by atoms with Crippen molar-refractivity contribution in [2.24, 2.45) is 0 Å². The van der Waals surface area contributed by atoms with Gasteiger partial charge < -0.3 is 9.47 Å². The zero-order chi connectivity index (χ0) is 10.1. The van der Waals surface area contributed by atoms with E-state index in [4.69, 9.17) is 44.3 Å². The fourth-order valence-electron chi connectivity index (χ4n) is 1.38. The summed E-state index contributed by atoms with van der Waals surface area (Å²) in [5.74, 6) is 0.988. The van der Waals surface area contributed by atoms with E-state index < -0.39 is 0 Å². The summed E-state index contributed by atoms with van der Waals surface area (Å²) in [6.45, 7) is 0.713. The van der Waals surface area contributed by atoms with Gasteiger partial charge in [-0.05, 0) is 6.07 Å². The summed E-state index contributed by atoms with van der Waals surface area (Å²) in [4.78, 5) is 0. The first-order valence-electron chi connectivity index (χ1n) is 4.00. The first-order valence-corrected chi connectivity index (χ1v) is 5.29. The SMILES string of the molecule is ClCc1c(Cl)c(Cl)cc2c1OCOC2. The summed E-state index contributed by atoms with van der Waals surface area (Å²) in [5.41, 5.74) is 1.63. The van der Waals surface area contributed by atoms with Crippen molar-refractivity contribution in [2.75, 3.05) is 6.79 Å². The minimum Gasteiger partial charge on any atom is -0.467 e. The maximum absolute atomic E-state index is 5.99. The standard InChI is InChI=1S/C9H7Cl3O2/c10-2-6-8(12)7(11)1-5-3-13-4-14-9(5)6/h1H,2-4H2. The van der Waals surface area contributed by atoms with Gasteiger partial charge in [-0.15, -0.1) is 11.6 Å². The molecule has 0 fully saturated rings. The summed E-state index contributed by atoms with van der Waals surface area (Å²) in [7, 11) is 0. The van der Waals surface area contributed by atoms with Crippen LogP contribution in [-0.2, 0) is 17.2 Å². The van der Waals surface area contributed by atoms with Gasteiger partial charge in [0.1, 0.15) is 5.75 Å². The molecule has 5 heteroatoms. The van der Waals surface area contributed by atoms with Gasteiger partial charge in [0.05, 0.1) is 22.5 Å². The average molecular weight is 254 g/mol. The van der Waals surface area contributed by atoms with Gasteiger partial charge in [0, 0.05) is 11.1 Å². The van der Waals surface area contributed by atoms with Crippen LogP contribution >= 0.6 is 34.8 Å². The largest absolute Gasteiger partial charge is 0.467 e. The van der Waals surface area contributed by atoms with Crippen LogP contribution < -0.4 is 4.74 Å². The van der Waals surface area contributed by atoms with Crippen molar-refractivity contribution in [2.45, 2.75) is 12.5 Å². The van der Waals surface area contributed by atoms with Crippen LogP contribution in [0.5, 0.6) is 5.75 Å². The number of rotatable bonds is 1. The van der Waals surface area contributed by atoms with E-state index in [0.717, 1.165) is 11.1 Å². The Kier molecular flexibility index (Phi) is 3.07. The summed E-state index contributed by atoms with van der Waals surface area (Å²) in [5, 5.41) is 0.942. The minimum absolute atomic E-state index is 0.231. The average Bonchev–Trinajstić information content (AvgIpc) is 2.20.